The van der Waals surface area contributed by atoms with Crippen LogP contribution in [0, 0.1) is 0 Å². The van der Waals surface area contributed by atoms with Gasteiger partial charge in [0.25, 0.3) is 0 Å². The molecule has 2 heterocycles. The zero-order valence-corrected chi connectivity index (χ0v) is 19.2. The Labute approximate surface area is 192 Å². The highest BCUT2D eigenvalue weighted by molar-refractivity contribution is 7.14. The molecule has 1 aliphatic rings. The van der Waals surface area contributed by atoms with Crippen LogP contribution in [0.3, 0.4) is 0 Å². The molecule has 1 saturated heterocycles. The van der Waals surface area contributed by atoms with Gasteiger partial charge in [0.1, 0.15) is 6.04 Å². The summed E-state index contributed by atoms with van der Waals surface area (Å²) in [6.45, 7) is 5.33. The molecule has 3 aromatic rings. The smallest absolute Gasteiger partial charge is 0.248 e. The Balaban J connectivity index is 1.47. The fraction of sp³-hybridized carbons (Fsp3) is 0.320. The lowest BCUT2D eigenvalue weighted by Crippen LogP contribution is -2.35. The van der Waals surface area contributed by atoms with Crippen LogP contribution in [0.4, 0.5) is 5.13 Å². The zero-order chi connectivity index (χ0) is 22.5. The van der Waals surface area contributed by atoms with Crippen molar-refractivity contribution in [2.24, 2.45) is 0 Å². The van der Waals surface area contributed by atoms with E-state index in [-0.39, 0.29) is 23.9 Å². The summed E-state index contributed by atoms with van der Waals surface area (Å²) in [4.78, 5) is 31.4. The minimum atomic E-state index is -0.305. The molecule has 166 valence electrons. The van der Waals surface area contributed by atoms with Gasteiger partial charge in [-0.1, -0.05) is 54.6 Å². The van der Waals surface area contributed by atoms with Crippen LogP contribution in [-0.2, 0) is 9.59 Å². The molecule has 1 fully saturated rings. The van der Waals surface area contributed by atoms with Gasteiger partial charge >= 0.3 is 0 Å². The lowest BCUT2D eigenvalue weighted by atomic mass is 10.0. The number of anilines is 1. The summed E-state index contributed by atoms with van der Waals surface area (Å²) in [5.41, 5.74) is 3.83. The summed E-state index contributed by atoms with van der Waals surface area (Å²) in [7, 11) is 0. The van der Waals surface area contributed by atoms with Gasteiger partial charge in [0.05, 0.1) is 11.7 Å². The molecule has 2 amide bonds. The lowest BCUT2D eigenvalue weighted by molar-refractivity contribution is -0.121. The topological polar surface area (TPSA) is 74.3 Å². The third-order valence-corrected chi connectivity index (χ3v) is 6.49. The van der Waals surface area contributed by atoms with E-state index in [0.29, 0.717) is 5.13 Å². The number of thiazole rings is 1. The fourth-order valence-corrected chi connectivity index (χ4v) is 4.85. The van der Waals surface area contributed by atoms with E-state index in [4.69, 9.17) is 0 Å². The predicted octanol–water partition coefficient (Wildman–Crippen LogP) is 4.78. The van der Waals surface area contributed by atoms with Crippen LogP contribution < -0.4 is 10.6 Å². The highest BCUT2D eigenvalue weighted by Crippen LogP contribution is 2.29. The van der Waals surface area contributed by atoms with Crippen molar-refractivity contribution in [1.82, 2.24) is 15.2 Å². The van der Waals surface area contributed by atoms with E-state index in [0.717, 1.165) is 48.3 Å². The normalized spacial score (nSPS) is 15.8. The molecular formula is C25H28N4O2S. The number of carbonyl (C=O) groups is 2. The molecule has 0 aliphatic carbocycles. The van der Waals surface area contributed by atoms with Crippen LogP contribution in [0.5, 0.6) is 0 Å². The van der Waals surface area contributed by atoms with Crippen molar-refractivity contribution >= 4 is 28.3 Å². The number of aromatic nitrogens is 1. The second-order valence-corrected chi connectivity index (χ2v) is 8.99. The number of hydrogen-bond acceptors (Lipinski definition) is 5. The summed E-state index contributed by atoms with van der Waals surface area (Å²) >= 11 is 1.43. The van der Waals surface area contributed by atoms with Gasteiger partial charge in [0.15, 0.2) is 5.13 Å². The molecule has 4 rings (SSSR count). The van der Waals surface area contributed by atoms with Crippen molar-refractivity contribution in [1.29, 1.82) is 0 Å². The Kier molecular flexibility index (Phi) is 6.97. The minimum absolute atomic E-state index is 0.0431. The first-order valence-corrected chi connectivity index (χ1v) is 11.8. The fourth-order valence-electron chi connectivity index (χ4n) is 4.13. The first kappa shape index (κ1) is 22.2. The molecule has 2 aromatic carbocycles. The van der Waals surface area contributed by atoms with Crippen molar-refractivity contribution in [3.63, 3.8) is 0 Å². The number of nitrogens with one attached hydrogen (secondary N) is 2. The Morgan fingerprint density at radius 2 is 1.69 bits per heavy atom. The largest absolute Gasteiger partial charge is 0.350 e. The SMILES string of the molecule is CC(=O)NC(C)c1ccc(-c2csc(NC(=O)C(c3ccccc3)N3CCCC3)n2)cc1. The maximum Gasteiger partial charge on any atom is 0.248 e. The molecule has 6 nitrogen and oxygen atoms in total. The van der Waals surface area contributed by atoms with Crippen LogP contribution in [0.15, 0.2) is 60.0 Å². The van der Waals surface area contributed by atoms with Crippen LogP contribution in [0.2, 0.25) is 0 Å². The van der Waals surface area contributed by atoms with Crippen molar-refractivity contribution < 1.29 is 9.59 Å². The quantitative estimate of drug-likeness (QED) is 0.545. The van der Waals surface area contributed by atoms with E-state index in [9.17, 15) is 9.59 Å². The standard InChI is InChI=1S/C25H28N4O2S/c1-17(26-18(2)30)19-10-12-20(13-11-19)22-16-32-25(27-22)28-24(31)23(29-14-6-7-15-29)21-8-4-3-5-9-21/h3-5,8-13,16-17,23H,6-7,14-15H2,1-2H3,(H,26,30)(H,27,28,31). The van der Waals surface area contributed by atoms with Gasteiger partial charge in [-0.2, -0.15) is 0 Å². The molecule has 0 saturated carbocycles. The van der Waals surface area contributed by atoms with Gasteiger partial charge in [-0.05, 0) is 44.0 Å². The minimum Gasteiger partial charge on any atom is -0.350 e. The van der Waals surface area contributed by atoms with Gasteiger partial charge in [-0.15, -0.1) is 11.3 Å². The van der Waals surface area contributed by atoms with Gasteiger partial charge in [-0.25, -0.2) is 4.98 Å². The molecule has 0 spiro atoms. The Morgan fingerprint density at radius 3 is 2.34 bits per heavy atom. The second kappa shape index (κ2) is 10.1. The molecule has 1 aromatic heterocycles. The number of hydrogen-bond donors (Lipinski definition) is 2. The monoisotopic (exact) mass is 448 g/mol. The van der Waals surface area contributed by atoms with Crippen LogP contribution in [-0.4, -0.2) is 34.8 Å². The van der Waals surface area contributed by atoms with Crippen LogP contribution in [0.1, 0.15) is 49.9 Å². The third kappa shape index (κ3) is 5.23. The molecule has 0 bridgehead atoms. The summed E-state index contributed by atoms with van der Waals surface area (Å²) < 4.78 is 0. The van der Waals surface area contributed by atoms with Gasteiger partial charge in [0.2, 0.25) is 11.8 Å². The van der Waals surface area contributed by atoms with E-state index < -0.39 is 0 Å². The molecule has 2 unspecified atom stereocenters. The van der Waals surface area contributed by atoms with Crippen molar-refractivity contribution in [2.45, 2.75) is 38.8 Å². The van der Waals surface area contributed by atoms with E-state index in [1.807, 2.05) is 66.9 Å². The molecule has 32 heavy (non-hydrogen) atoms. The number of carbonyl (C=O) groups excluding carboxylic acids is 2. The zero-order valence-electron chi connectivity index (χ0n) is 18.4. The van der Waals surface area contributed by atoms with E-state index in [1.165, 1.54) is 18.3 Å². The average molecular weight is 449 g/mol. The first-order chi connectivity index (χ1) is 15.5. The molecule has 1 aliphatic heterocycles. The summed E-state index contributed by atoms with van der Waals surface area (Å²) in [5.74, 6) is -0.0947. The van der Waals surface area contributed by atoms with Crippen LogP contribution in [0.25, 0.3) is 11.3 Å². The number of benzene rings is 2. The van der Waals surface area contributed by atoms with E-state index >= 15 is 0 Å². The highest BCUT2D eigenvalue weighted by Gasteiger charge is 2.30. The van der Waals surface area contributed by atoms with Crippen LogP contribution >= 0.6 is 11.3 Å². The summed E-state index contributed by atoms with van der Waals surface area (Å²) in [6, 6.07) is 17.6. The highest BCUT2D eigenvalue weighted by atomic mass is 32.1. The third-order valence-electron chi connectivity index (χ3n) is 5.73. The molecule has 7 heteroatoms. The van der Waals surface area contributed by atoms with Gasteiger partial charge < -0.3 is 10.6 Å². The van der Waals surface area contributed by atoms with Gasteiger partial charge in [0, 0.05) is 17.9 Å². The first-order valence-electron chi connectivity index (χ1n) is 10.9. The maximum absolute atomic E-state index is 13.2. The molecule has 2 N–H and O–H groups in total. The van der Waals surface area contributed by atoms with E-state index in [1.54, 1.807) is 0 Å². The Bertz CT molecular complexity index is 1060. The Morgan fingerprint density at radius 1 is 1.00 bits per heavy atom. The number of nitrogens with zero attached hydrogens (tertiary/aromatic N) is 2. The molecular weight excluding hydrogens is 420 g/mol. The van der Waals surface area contributed by atoms with E-state index in [2.05, 4.69) is 20.5 Å². The van der Waals surface area contributed by atoms with Crippen molar-refractivity contribution in [3.8, 4) is 11.3 Å². The molecule has 2 atom stereocenters. The summed E-state index contributed by atoms with van der Waals surface area (Å²) in [5, 5.41) is 8.48. The number of amides is 2. The average Bonchev–Trinajstić information content (AvgIpc) is 3.47. The summed E-state index contributed by atoms with van der Waals surface area (Å²) in [6.07, 6.45) is 2.24. The van der Waals surface area contributed by atoms with Gasteiger partial charge in [-0.3, -0.25) is 14.5 Å². The second-order valence-electron chi connectivity index (χ2n) is 8.13. The Hall–Kier alpha value is -3.03. The predicted molar refractivity (Wildman–Crippen MR) is 128 cm³/mol. The van der Waals surface area contributed by atoms with Crippen molar-refractivity contribution in [3.05, 3.63) is 71.1 Å². The number of rotatable bonds is 7. The molecule has 0 radical (unpaired) electrons. The van der Waals surface area contributed by atoms with Crippen molar-refractivity contribution in [2.75, 3.05) is 18.4 Å². The lowest BCUT2D eigenvalue weighted by Gasteiger charge is -2.26. The maximum atomic E-state index is 13.2. The number of likely N-dealkylation sites (tertiary alicyclic amines) is 1.